The summed E-state index contributed by atoms with van der Waals surface area (Å²) in [6.45, 7) is 2.07. The largest absolute Gasteiger partial charge is 0.481 e. The highest BCUT2D eigenvalue weighted by molar-refractivity contribution is 6.32. The summed E-state index contributed by atoms with van der Waals surface area (Å²) < 4.78 is 18.4. The highest BCUT2D eigenvalue weighted by Gasteiger charge is 2.24. The Morgan fingerprint density at radius 2 is 2.28 bits per heavy atom. The van der Waals surface area contributed by atoms with Crippen molar-refractivity contribution in [2.45, 2.75) is 19.0 Å². The van der Waals surface area contributed by atoms with Gasteiger partial charge in [-0.25, -0.2) is 14.9 Å². The van der Waals surface area contributed by atoms with E-state index in [1.165, 1.54) is 12.1 Å². The summed E-state index contributed by atoms with van der Waals surface area (Å²) in [5.74, 6) is 0.111. The van der Waals surface area contributed by atoms with Crippen LogP contribution in [0, 0.1) is 11.3 Å². The molecule has 0 aliphatic carbocycles. The van der Waals surface area contributed by atoms with E-state index in [0.717, 1.165) is 37.7 Å². The minimum absolute atomic E-state index is 0.0827. The van der Waals surface area contributed by atoms with Crippen LogP contribution >= 0.6 is 11.6 Å². The Hall–Kier alpha value is -2.55. The van der Waals surface area contributed by atoms with E-state index in [4.69, 9.17) is 21.9 Å². The average molecular weight is 420 g/mol. The van der Waals surface area contributed by atoms with Gasteiger partial charge in [-0.05, 0) is 30.2 Å². The lowest BCUT2D eigenvalue weighted by atomic mass is 10.1. The summed E-state index contributed by atoms with van der Waals surface area (Å²) in [6, 6.07) is 7.78. The lowest BCUT2D eigenvalue weighted by Crippen LogP contribution is -2.33. The zero-order chi connectivity index (χ0) is 20.8. The summed E-state index contributed by atoms with van der Waals surface area (Å²) in [7, 11) is 1.58. The Balaban J connectivity index is 1.68. The monoisotopic (exact) mass is 419 g/mol. The molecule has 0 radical (unpaired) electrons. The SMILES string of the molecule is COc1ccc(CN2CCC(N/C(CO)=C(\N=N)c3ccc(F)cc3Cl)C2)cn1. The van der Waals surface area contributed by atoms with Crippen LogP contribution < -0.4 is 10.1 Å². The highest BCUT2D eigenvalue weighted by atomic mass is 35.5. The third-order valence-corrected chi connectivity index (χ3v) is 5.12. The number of ether oxygens (including phenoxy) is 1. The summed E-state index contributed by atoms with van der Waals surface area (Å²) in [6.07, 6.45) is 2.67. The molecule has 9 heteroatoms. The van der Waals surface area contributed by atoms with E-state index in [1.807, 2.05) is 12.1 Å². The van der Waals surface area contributed by atoms with Gasteiger partial charge in [-0.3, -0.25) is 4.90 Å². The fourth-order valence-corrected chi connectivity index (χ4v) is 3.64. The van der Waals surface area contributed by atoms with Crippen LogP contribution in [0.1, 0.15) is 17.5 Å². The van der Waals surface area contributed by atoms with Gasteiger partial charge in [0.1, 0.15) is 11.5 Å². The molecule has 7 nitrogen and oxygen atoms in total. The number of aliphatic hydroxyl groups excluding tert-OH is 1. The molecule has 1 saturated heterocycles. The van der Waals surface area contributed by atoms with Crippen LogP contribution in [-0.2, 0) is 6.54 Å². The molecule has 3 rings (SSSR count). The molecular weight excluding hydrogens is 397 g/mol. The first-order valence-corrected chi connectivity index (χ1v) is 9.56. The first-order chi connectivity index (χ1) is 14.0. The molecule has 1 atom stereocenters. The Morgan fingerprint density at radius 1 is 1.45 bits per heavy atom. The topological polar surface area (TPSA) is 93.8 Å². The van der Waals surface area contributed by atoms with E-state index >= 15 is 0 Å². The number of methoxy groups -OCH3 is 1. The van der Waals surface area contributed by atoms with Crippen molar-refractivity contribution >= 4 is 17.3 Å². The molecule has 3 N–H and O–H groups in total. The molecule has 1 fully saturated rings. The van der Waals surface area contributed by atoms with Crippen molar-refractivity contribution in [2.75, 3.05) is 26.8 Å². The second-order valence-electron chi connectivity index (χ2n) is 6.80. The van der Waals surface area contributed by atoms with Crippen molar-refractivity contribution < 1.29 is 14.2 Å². The molecule has 0 spiro atoms. The number of nitrogens with zero attached hydrogens (tertiary/aromatic N) is 3. The van der Waals surface area contributed by atoms with E-state index in [2.05, 4.69) is 20.3 Å². The maximum Gasteiger partial charge on any atom is 0.212 e. The summed E-state index contributed by atoms with van der Waals surface area (Å²) in [5.41, 5.74) is 9.60. The lowest BCUT2D eigenvalue weighted by Gasteiger charge is -2.20. The van der Waals surface area contributed by atoms with Gasteiger partial charge in [-0.2, -0.15) is 5.11 Å². The molecule has 2 heterocycles. The van der Waals surface area contributed by atoms with Gasteiger partial charge in [0.25, 0.3) is 0 Å². The van der Waals surface area contributed by atoms with Crippen LogP contribution in [-0.4, -0.2) is 47.8 Å². The molecule has 0 saturated carbocycles. The third-order valence-electron chi connectivity index (χ3n) is 4.81. The van der Waals surface area contributed by atoms with Gasteiger partial charge in [0, 0.05) is 43.5 Å². The van der Waals surface area contributed by atoms with Gasteiger partial charge in [0.15, 0.2) is 0 Å². The van der Waals surface area contributed by atoms with E-state index in [0.29, 0.717) is 17.1 Å². The zero-order valence-electron chi connectivity index (χ0n) is 16.0. The minimum atomic E-state index is -0.471. The molecule has 1 aromatic heterocycles. The maximum absolute atomic E-state index is 13.3. The van der Waals surface area contributed by atoms with Crippen molar-refractivity contribution in [1.82, 2.24) is 15.2 Å². The van der Waals surface area contributed by atoms with Crippen molar-refractivity contribution in [3.8, 4) is 5.88 Å². The number of aliphatic hydroxyl groups is 1. The third kappa shape index (κ3) is 5.29. The molecule has 29 heavy (non-hydrogen) atoms. The zero-order valence-corrected chi connectivity index (χ0v) is 16.8. The number of hydrogen-bond acceptors (Lipinski definition) is 7. The summed E-state index contributed by atoms with van der Waals surface area (Å²) in [4.78, 5) is 6.50. The van der Waals surface area contributed by atoms with Crippen LogP contribution in [0.4, 0.5) is 4.39 Å². The molecule has 1 aromatic carbocycles. The predicted octanol–water partition coefficient (Wildman–Crippen LogP) is 3.44. The van der Waals surface area contributed by atoms with Gasteiger partial charge in [0.2, 0.25) is 5.88 Å². The van der Waals surface area contributed by atoms with E-state index in [-0.39, 0.29) is 23.4 Å². The molecule has 1 aliphatic heterocycles. The Morgan fingerprint density at radius 3 is 2.90 bits per heavy atom. The van der Waals surface area contributed by atoms with Crippen LogP contribution in [0.3, 0.4) is 0 Å². The fourth-order valence-electron chi connectivity index (χ4n) is 3.38. The minimum Gasteiger partial charge on any atom is -0.481 e. The van der Waals surface area contributed by atoms with Gasteiger partial charge in [-0.15, -0.1) is 0 Å². The van der Waals surface area contributed by atoms with E-state index < -0.39 is 5.82 Å². The van der Waals surface area contributed by atoms with Gasteiger partial charge >= 0.3 is 0 Å². The normalized spacial score (nSPS) is 17.7. The number of pyridine rings is 1. The summed E-state index contributed by atoms with van der Waals surface area (Å²) in [5, 5.41) is 16.8. The molecule has 154 valence electrons. The first kappa shape index (κ1) is 21.2. The van der Waals surface area contributed by atoms with Crippen LogP contribution in [0.15, 0.2) is 47.3 Å². The average Bonchev–Trinajstić information content (AvgIpc) is 3.16. The van der Waals surface area contributed by atoms with Gasteiger partial charge in [-0.1, -0.05) is 17.7 Å². The van der Waals surface area contributed by atoms with Crippen molar-refractivity contribution in [2.24, 2.45) is 5.11 Å². The summed E-state index contributed by atoms with van der Waals surface area (Å²) >= 11 is 6.11. The molecule has 1 unspecified atom stereocenters. The lowest BCUT2D eigenvalue weighted by molar-refractivity contribution is 0.305. The number of likely N-dealkylation sites (tertiary alicyclic amines) is 1. The highest BCUT2D eigenvalue weighted by Crippen LogP contribution is 2.28. The van der Waals surface area contributed by atoms with Crippen molar-refractivity contribution in [3.05, 3.63) is 64.2 Å². The van der Waals surface area contributed by atoms with Crippen LogP contribution in [0.5, 0.6) is 5.88 Å². The van der Waals surface area contributed by atoms with Crippen LogP contribution in [0.25, 0.3) is 5.70 Å². The van der Waals surface area contributed by atoms with Gasteiger partial charge < -0.3 is 15.2 Å². The number of aromatic nitrogens is 1. The quantitative estimate of drug-likeness (QED) is 0.570. The second-order valence-corrected chi connectivity index (χ2v) is 7.20. The number of nitrogens with one attached hydrogen (secondary N) is 2. The maximum atomic E-state index is 13.3. The van der Waals surface area contributed by atoms with E-state index in [1.54, 1.807) is 13.3 Å². The standard InChI is InChI=1S/C20H23ClFN5O2/c1-29-19-5-2-13(9-24-19)10-27-7-6-15(11-27)25-18(12-28)20(26-23)16-4-3-14(22)8-17(16)21/h2-5,8-9,15,23,25,28H,6-7,10-12H2,1H3/b20-18-,26-23?. The second kappa shape index (κ2) is 9.78. The fraction of sp³-hybridized carbons (Fsp3) is 0.350. The number of benzene rings is 1. The predicted molar refractivity (Wildman–Crippen MR) is 108 cm³/mol. The number of hydrogen-bond donors (Lipinski definition) is 3. The number of halogens is 2. The molecule has 1 aliphatic rings. The van der Waals surface area contributed by atoms with E-state index in [9.17, 15) is 9.50 Å². The van der Waals surface area contributed by atoms with Gasteiger partial charge in [0.05, 0.1) is 24.4 Å². The Kier molecular flexibility index (Phi) is 7.13. The Bertz CT molecular complexity index is 891. The number of rotatable bonds is 8. The smallest absolute Gasteiger partial charge is 0.212 e. The Labute approximate surface area is 173 Å². The molecular formula is C20H23ClFN5O2. The van der Waals surface area contributed by atoms with Crippen molar-refractivity contribution in [3.63, 3.8) is 0 Å². The first-order valence-electron chi connectivity index (χ1n) is 9.18. The molecule has 0 amide bonds. The molecule has 2 aromatic rings. The van der Waals surface area contributed by atoms with Crippen molar-refractivity contribution in [1.29, 1.82) is 5.53 Å². The molecule has 0 bridgehead atoms. The van der Waals surface area contributed by atoms with Crippen LogP contribution in [0.2, 0.25) is 5.02 Å².